The summed E-state index contributed by atoms with van der Waals surface area (Å²) in [6.07, 6.45) is 8.65. The molecule has 1 aliphatic rings. The number of oxazole rings is 1. The second kappa shape index (κ2) is 6.76. The molecule has 0 aromatic carbocycles. The van der Waals surface area contributed by atoms with Crippen LogP contribution in [0, 0.1) is 12.8 Å². The van der Waals surface area contributed by atoms with E-state index in [1.165, 1.54) is 6.26 Å². The zero-order valence-electron chi connectivity index (χ0n) is 13.2. The zero-order chi connectivity index (χ0) is 16.2. The minimum absolute atomic E-state index is 0.0465. The number of hydrogen-bond acceptors (Lipinski definition) is 6. The summed E-state index contributed by atoms with van der Waals surface area (Å²) in [5.74, 6) is 1.41. The smallest absolute Gasteiger partial charge is 0.275 e. The van der Waals surface area contributed by atoms with Crippen LogP contribution in [0.2, 0.25) is 0 Å². The van der Waals surface area contributed by atoms with Crippen LogP contribution in [0.5, 0.6) is 0 Å². The number of aromatic nitrogens is 3. The van der Waals surface area contributed by atoms with Gasteiger partial charge >= 0.3 is 0 Å². The molecule has 1 fully saturated rings. The number of amides is 1. The highest BCUT2D eigenvalue weighted by Gasteiger charge is 2.23. The van der Waals surface area contributed by atoms with Crippen LogP contribution in [0.4, 0.5) is 5.82 Å². The number of rotatable bonds is 3. The Hall–Kier alpha value is -2.44. The van der Waals surface area contributed by atoms with Gasteiger partial charge in [-0.3, -0.25) is 9.78 Å². The summed E-state index contributed by atoms with van der Waals surface area (Å²) in [5, 5.41) is 0. The number of aryl methyl sites for hydroxylation is 1. The first-order chi connectivity index (χ1) is 11.1. The van der Waals surface area contributed by atoms with Gasteiger partial charge in [0.15, 0.2) is 11.6 Å². The van der Waals surface area contributed by atoms with Crippen LogP contribution in [-0.2, 0) is 6.42 Å². The molecule has 1 unspecified atom stereocenters. The highest BCUT2D eigenvalue weighted by molar-refractivity contribution is 5.92. The minimum atomic E-state index is -0.0465. The molecule has 1 aliphatic heterocycles. The molecule has 3 heterocycles. The van der Waals surface area contributed by atoms with Gasteiger partial charge in [-0.25, -0.2) is 9.97 Å². The van der Waals surface area contributed by atoms with Crippen molar-refractivity contribution in [3.63, 3.8) is 0 Å². The highest BCUT2D eigenvalue weighted by Crippen LogP contribution is 2.22. The summed E-state index contributed by atoms with van der Waals surface area (Å²) in [7, 11) is 0. The quantitative estimate of drug-likeness (QED) is 0.928. The number of likely N-dealkylation sites (tertiary alicyclic amines) is 1. The first-order valence-corrected chi connectivity index (χ1v) is 7.89. The fraction of sp³-hybridized carbons (Fsp3) is 0.500. The van der Waals surface area contributed by atoms with E-state index in [1.807, 2.05) is 4.90 Å². The van der Waals surface area contributed by atoms with Gasteiger partial charge in [-0.15, -0.1) is 0 Å². The summed E-state index contributed by atoms with van der Waals surface area (Å²) in [6.45, 7) is 3.23. The molecule has 0 saturated carbocycles. The third kappa shape index (κ3) is 3.85. The average Bonchev–Trinajstić information content (AvgIpc) is 2.84. The van der Waals surface area contributed by atoms with Crippen molar-refractivity contribution in [3.05, 3.63) is 35.9 Å². The fourth-order valence-electron chi connectivity index (χ4n) is 2.96. The summed E-state index contributed by atoms with van der Waals surface area (Å²) in [6, 6.07) is 0. The van der Waals surface area contributed by atoms with Crippen molar-refractivity contribution in [1.29, 1.82) is 0 Å². The lowest BCUT2D eigenvalue weighted by atomic mass is 9.95. The molecule has 2 aromatic rings. The van der Waals surface area contributed by atoms with Gasteiger partial charge in [0.1, 0.15) is 12.1 Å². The third-order valence-corrected chi connectivity index (χ3v) is 4.20. The van der Waals surface area contributed by atoms with Gasteiger partial charge in [-0.05, 0) is 31.6 Å². The second-order valence-electron chi connectivity index (χ2n) is 5.98. The van der Waals surface area contributed by atoms with Crippen LogP contribution in [0.25, 0.3) is 0 Å². The topological polar surface area (TPSA) is 98.1 Å². The maximum Gasteiger partial charge on any atom is 0.275 e. The normalized spacial score (nSPS) is 18.7. The average molecular weight is 315 g/mol. The van der Waals surface area contributed by atoms with Crippen molar-refractivity contribution in [3.8, 4) is 0 Å². The van der Waals surface area contributed by atoms with E-state index < -0.39 is 0 Å². The second-order valence-corrected chi connectivity index (χ2v) is 5.98. The summed E-state index contributed by atoms with van der Waals surface area (Å²) in [4.78, 5) is 26.8. The van der Waals surface area contributed by atoms with Crippen LogP contribution in [0.15, 0.2) is 23.1 Å². The SMILES string of the molecule is Cc1nc(C(=O)N2CCCC(Cc3cnc(N)cn3)CC2)co1. The standard InChI is InChI=1S/C16H21N5O2/c1-11-20-14(10-23-11)16(22)21-5-2-3-12(4-6-21)7-13-8-19-15(17)9-18-13/h8-10,12H,2-7H2,1H3,(H2,17,19). The lowest BCUT2D eigenvalue weighted by Gasteiger charge is -2.19. The molecular weight excluding hydrogens is 294 g/mol. The Labute approximate surface area is 134 Å². The van der Waals surface area contributed by atoms with Crippen LogP contribution < -0.4 is 5.73 Å². The number of nitrogen functional groups attached to an aromatic ring is 1. The molecule has 1 atom stereocenters. The number of carbonyl (C=O) groups is 1. The van der Waals surface area contributed by atoms with E-state index in [-0.39, 0.29) is 5.91 Å². The lowest BCUT2D eigenvalue weighted by Crippen LogP contribution is -2.32. The molecule has 0 spiro atoms. The number of anilines is 1. The van der Waals surface area contributed by atoms with E-state index >= 15 is 0 Å². The summed E-state index contributed by atoms with van der Waals surface area (Å²) >= 11 is 0. The molecule has 3 rings (SSSR count). The van der Waals surface area contributed by atoms with Gasteiger partial charge < -0.3 is 15.1 Å². The Morgan fingerprint density at radius 3 is 2.91 bits per heavy atom. The Morgan fingerprint density at radius 2 is 2.22 bits per heavy atom. The van der Waals surface area contributed by atoms with Crippen molar-refractivity contribution in [1.82, 2.24) is 19.9 Å². The van der Waals surface area contributed by atoms with Crippen molar-refractivity contribution in [2.24, 2.45) is 5.92 Å². The monoisotopic (exact) mass is 315 g/mol. The first-order valence-electron chi connectivity index (χ1n) is 7.89. The molecule has 1 amide bonds. The number of hydrogen-bond donors (Lipinski definition) is 1. The van der Waals surface area contributed by atoms with Crippen LogP contribution in [-0.4, -0.2) is 38.8 Å². The summed E-state index contributed by atoms with van der Waals surface area (Å²) in [5.41, 5.74) is 6.91. The summed E-state index contributed by atoms with van der Waals surface area (Å²) < 4.78 is 5.13. The van der Waals surface area contributed by atoms with E-state index in [1.54, 1.807) is 19.3 Å². The maximum absolute atomic E-state index is 12.4. The van der Waals surface area contributed by atoms with Crippen LogP contribution >= 0.6 is 0 Å². The third-order valence-electron chi connectivity index (χ3n) is 4.20. The van der Waals surface area contributed by atoms with Gasteiger partial charge in [0.25, 0.3) is 5.91 Å². The van der Waals surface area contributed by atoms with E-state index in [0.29, 0.717) is 23.3 Å². The fourth-order valence-corrected chi connectivity index (χ4v) is 2.96. The number of nitrogens with two attached hydrogens (primary N) is 1. The Balaban J connectivity index is 1.58. The molecule has 7 nitrogen and oxygen atoms in total. The number of nitrogens with zero attached hydrogens (tertiary/aromatic N) is 4. The minimum Gasteiger partial charge on any atom is -0.448 e. The number of carbonyl (C=O) groups excluding carboxylic acids is 1. The van der Waals surface area contributed by atoms with E-state index in [9.17, 15) is 4.79 Å². The van der Waals surface area contributed by atoms with E-state index in [0.717, 1.165) is 44.5 Å². The van der Waals surface area contributed by atoms with Gasteiger partial charge in [-0.1, -0.05) is 0 Å². The Kier molecular flexibility index (Phi) is 4.55. The van der Waals surface area contributed by atoms with Crippen LogP contribution in [0.3, 0.4) is 0 Å². The van der Waals surface area contributed by atoms with Crippen molar-refractivity contribution < 1.29 is 9.21 Å². The van der Waals surface area contributed by atoms with Gasteiger partial charge in [0.05, 0.1) is 18.1 Å². The molecule has 7 heteroatoms. The largest absolute Gasteiger partial charge is 0.448 e. The predicted molar refractivity (Wildman–Crippen MR) is 84.6 cm³/mol. The molecule has 0 aliphatic carbocycles. The van der Waals surface area contributed by atoms with Gasteiger partial charge in [0, 0.05) is 20.0 Å². The maximum atomic E-state index is 12.4. The molecule has 122 valence electrons. The Morgan fingerprint density at radius 1 is 1.35 bits per heavy atom. The van der Waals surface area contributed by atoms with Crippen molar-refractivity contribution in [2.75, 3.05) is 18.8 Å². The zero-order valence-corrected chi connectivity index (χ0v) is 13.2. The molecule has 0 radical (unpaired) electrons. The molecular formula is C16H21N5O2. The molecule has 2 N–H and O–H groups in total. The lowest BCUT2D eigenvalue weighted by molar-refractivity contribution is 0.0754. The molecule has 2 aromatic heterocycles. The van der Waals surface area contributed by atoms with E-state index in [4.69, 9.17) is 10.2 Å². The molecule has 1 saturated heterocycles. The van der Waals surface area contributed by atoms with Crippen molar-refractivity contribution in [2.45, 2.75) is 32.6 Å². The first kappa shape index (κ1) is 15.5. The Bertz CT molecular complexity index is 667. The van der Waals surface area contributed by atoms with Crippen molar-refractivity contribution >= 4 is 11.7 Å². The van der Waals surface area contributed by atoms with Gasteiger partial charge in [0.2, 0.25) is 0 Å². The van der Waals surface area contributed by atoms with Gasteiger partial charge in [-0.2, -0.15) is 0 Å². The predicted octanol–water partition coefficient (Wildman–Crippen LogP) is 1.84. The van der Waals surface area contributed by atoms with Crippen LogP contribution in [0.1, 0.15) is 41.3 Å². The molecule has 0 bridgehead atoms. The van der Waals surface area contributed by atoms with E-state index in [2.05, 4.69) is 15.0 Å². The molecule has 23 heavy (non-hydrogen) atoms. The highest BCUT2D eigenvalue weighted by atomic mass is 16.3.